The number of aromatic nitrogens is 3. The maximum absolute atomic E-state index is 13.4. The molecule has 0 unspecified atom stereocenters. The molecule has 8 heteroatoms. The topological polar surface area (TPSA) is 60.0 Å². The SMILES string of the molecule is CCCn1cc2c(C(F)(F)F)cc(N3CCC(N)CC3)nc2n1. The van der Waals surface area contributed by atoms with Crippen molar-refractivity contribution in [2.24, 2.45) is 5.73 Å². The van der Waals surface area contributed by atoms with Gasteiger partial charge in [-0.1, -0.05) is 6.92 Å². The van der Waals surface area contributed by atoms with Crippen LogP contribution in [0.3, 0.4) is 0 Å². The van der Waals surface area contributed by atoms with Gasteiger partial charge in [-0.2, -0.15) is 18.3 Å². The first-order valence-electron chi connectivity index (χ1n) is 7.84. The smallest absolute Gasteiger partial charge is 0.356 e. The molecule has 0 radical (unpaired) electrons. The zero-order valence-electron chi connectivity index (χ0n) is 13.0. The molecule has 1 aliphatic heterocycles. The van der Waals surface area contributed by atoms with Gasteiger partial charge < -0.3 is 10.6 Å². The van der Waals surface area contributed by atoms with Crippen LogP contribution in [0.25, 0.3) is 11.0 Å². The second-order valence-corrected chi connectivity index (χ2v) is 5.98. The highest BCUT2D eigenvalue weighted by atomic mass is 19.4. The van der Waals surface area contributed by atoms with Gasteiger partial charge in [0.15, 0.2) is 5.65 Å². The first kappa shape index (κ1) is 16.0. The van der Waals surface area contributed by atoms with Crippen LogP contribution in [0, 0.1) is 0 Å². The number of nitrogens with zero attached hydrogens (tertiary/aromatic N) is 4. The van der Waals surface area contributed by atoms with Crippen LogP contribution in [0.15, 0.2) is 12.3 Å². The van der Waals surface area contributed by atoms with Crippen LogP contribution in [-0.2, 0) is 12.7 Å². The van der Waals surface area contributed by atoms with E-state index in [1.807, 2.05) is 11.8 Å². The van der Waals surface area contributed by atoms with Crippen molar-refractivity contribution in [3.8, 4) is 0 Å². The molecule has 3 rings (SSSR count). The summed E-state index contributed by atoms with van der Waals surface area (Å²) in [4.78, 5) is 6.21. The van der Waals surface area contributed by atoms with Crippen LogP contribution in [0.4, 0.5) is 19.0 Å². The highest BCUT2D eigenvalue weighted by Gasteiger charge is 2.35. The number of anilines is 1. The van der Waals surface area contributed by atoms with Crippen LogP contribution in [0.5, 0.6) is 0 Å². The first-order chi connectivity index (χ1) is 10.9. The number of rotatable bonds is 3. The lowest BCUT2D eigenvalue weighted by atomic mass is 10.1. The quantitative estimate of drug-likeness (QED) is 0.942. The summed E-state index contributed by atoms with van der Waals surface area (Å²) in [5.74, 6) is 0.332. The van der Waals surface area contributed by atoms with Gasteiger partial charge in [0.1, 0.15) is 5.82 Å². The average Bonchev–Trinajstić information content (AvgIpc) is 2.88. The van der Waals surface area contributed by atoms with Crippen LogP contribution in [-0.4, -0.2) is 33.9 Å². The highest BCUT2D eigenvalue weighted by molar-refractivity contribution is 5.81. The third-order valence-electron chi connectivity index (χ3n) is 4.15. The molecule has 2 N–H and O–H groups in total. The molecular formula is C15H20F3N5. The van der Waals surface area contributed by atoms with Gasteiger partial charge in [0, 0.05) is 31.9 Å². The van der Waals surface area contributed by atoms with Gasteiger partial charge in [-0.15, -0.1) is 0 Å². The van der Waals surface area contributed by atoms with Crippen molar-refractivity contribution in [2.75, 3.05) is 18.0 Å². The van der Waals surface area contributed by atoms with E-state index >= 15 is 0 Å². The van der Waals surface area contributed by atoms with E-state index < -0.39 is 11.7 Å². The van der Waals surface area contributed by atoms with Crippen molar-refractivity contribution in [1.29, 1.82) is 0 Å². The summed E-state index contributed by atoms with van der Waals surface area (Å²) in [5.41, 5.74) is 5.34. The second-order valence-electron chi connectivity index (χ2n) is 5.98. The van der Waals surface area contributed by atoms with E-state index in [0.29, 0.717) is 25.5 Å². The van der Waals surface area contributed by atoms with E-state index in [-0.39, 0.29) is 17.1 Å². The van der Waals surface area contributed by atoms with Crippen molar-refractivity contribution in [3.63, 3.8) is 0 Å². The Morgan fingerprint density at radius 1 is 1.30 bits per heavy atom. The summed E-state index contributed by atoms with van der Waals surface area (Å²) in [6, 6.07) is 1.25. The third kappa shape index (κ3) is 3.26. The van der Waals surface area contributed by atoms with Crippen LogP contribution < -0.4 is 10.6 Å². The highest BCUT2D eigenvalue weighted by Crippen LogP contribution is 2.36. The Balaban J connectivity index is 2.05. The molecule has 0 atom stereocenters. The van der Waals surface area contributed by atoms with Gasteiger partial charge in [0.25, 0.3) is 0 Å². The summed E-state index contributed by atoms with van der Waals surface area (Å²) in [5, 5.41) is 4.26. The van der Waals surface area contributed by atoms with Crippen molar-refractivity contribution in [2.45, 2.75) is 44.9 Å². The van der Waals surface area contributed by atoms with Crippen molar-refractivity contribution in [3.05, 3.63) is 17.8 Å². The average molecular weight is 327 g/mol. The molecule has 23 heavy (non-hydrogen) atoms. The summed E-state index contributed by atoms with van der Waals surface area (Å²) < 4.78 is 41.8. The summed E-state index contributed by atoms with van der Waals surface area (Å²) in [7, 11) is 0. The van der Waals surface area contributed by atoms with Crippen molar-refractivity contribution >= 4 is 16.9 Å². The van der Waals surface area contributed by atoms with Gasteiger partial charge in [0.05, 0.1) is 10.9 Å². The molecule has 0 saturated carbocycles. The molecule has 1 aliphatic rings. The number of aryl methyl sites for hydroxylation is 1. The van der Waals surface area contributed by atoms with Crippen molar-refractivity contribution in [1.82, 2.24) is 14.8 Å². The lowest BCUT2D eigenvalue weighted by Gasteiger charge is -2.31. The van der Waals surface area contributed by atoms with Gasteiger partial charge in [-0.25, -0.2) is 4.98 Å². The Bertz CT molecular complexity index is 686. The molecule has 0 spiro atoms. The minimum atomic E-state index is -4.43. The Labute approximate surface area is 132 Å². The fourth-order valence-corrected chi connectivity index (χ4v) is 2.90. The van der Waals surface area contributed by atoms with E-state index in [9.17, 15) is 13.2 Å². The summed E-state index contributed by atoms with van der Waals surface area (Å²) in [6.45, 7) is 3.76. The molecule has 126 valence electrons. The number of halogens is 3. The molecule has 0 amide bonds. The minimum absolute atomic E-state index is 0.0587. The fourth-order valence-electron chi connectivity index (χ4n) is 2.90. The molecule has 0 aromatic carbocycles. The number of piperidine rings is 1. The van der Waals surface area contributed by atoms with Gasteiger partial charge >= 0.3 is 6.18 Å². The number of hydrogen-bond donors (Lipinski definition) is 1. The number of fused-ring (bicyclic) bond motifs is 1. The zero-order chi connectivity index (χ0) is 16.6. The maximum atomic E-state index is 13.4. The van der Waals surface area contributed by atoms with Crippen LogP contribution >= 0.6 is 0 Å². The van der Waals surface area contributed by atoms with Crippen LogP contribution in [0.2, 0.25) is 0 Å². The Kier molecular flexibility index (Phi) is 4.18. The molecule has 3 heterocycles. The van der Waals surface area contributed by atoms with E-state index in [4.69, 9.17) is 5.73 Å². The normalized spacial score (nSPS) is 17.2. The number of alkyl halides is 3. The largest absolute Gasteiger partial charge is 0.417 e. The molecule has 1 saturated heterocycles. The number of pyridine rings is 1. The van der Waals surface area contributed by atoms with Gasteiger partial charge in [-0.05, 0) is 25.3 Å². The van der Waals surface area contributed by atoms with Crippen LogP contribution in [0.1, 0.15) is 31.7 Å². The van der Waals surface area contributed by atoms with Gasteiger partial charge in [0.2, 0.25) is 0 Å². The molecule has 0 aliphatic carbocycles. The molecule has 1 fully saturated rings. The van der Waals surface area contributed by atoms with Gasteiger partial charge in [-0.3, -0.25) is 4.68 Å². The molecular weight excluding hydrogens is 307 g/mol. The number of hydrogen-bond acceptors (Lipinski definition) is 4. The maximum Gasteiger partial charge on any atom is 0.417 e. The zero-order valence-corrected chi connectivity index (χ0v) is 13.0. The Morgan fingerprint density at radius 3 is 2.61 bits per heavy atom. The molecule has 5 nitrogen and oxygen atoms in total. The predicted molar refractivity (Wildman–Crippen MR) is 82.2 cm³/mol. The van der Waals surface area contributed by atoms with E-state index in [1.165, 1.54) is 10.9 Å². The summed E-state index contributed by atoms with van der Waals surface area (Å²) >= 11 is 0. The standard InChI is InChI=1S/C15H20F3N5/c1-2-5-23-9-11-12(15(16,17)18)8-13(20-14(11)21-23)22-6-3-10(19)4-7-22/h8-10H,2-7,19H2,1H3. The Morgan fingerprint density at radius 2 is 2.00 bits per heavy atom. The van der Waals surface area contributed by atoms with E-state index in [2.05, 4.69) is 10.1 Å². The number of nitrogens with two attached hydrogens (primary N) is 1. The molecule has 0 bridgehead atoms. The van der Waals surface area contributed by atoms with E-state index in [0.717, 1.165) is 25.3 Å². The fraction of sp³-hybridized carbons (Fsp3) is 0.600. The lowest BCUT2D eigenvalue weighted by Crippen LogP contribution is -2.40. The molecule has 2 aromatic heterocycles. The minimum Gasteiger partial charge on any atom is -0.356 e. The Hall–Kier alpha value is -1.83. The van der Waals surface area contributed by atoms with Crippen molar-refractivity contribution < 1.29 is 13.2 Å². The predicted octanol–water partition coefficient (Wildman–Crippen LogP) is 2.79. The summed E-state index contributed by atoms with van der Waals surface area (Å²) in [6.07, 6.45) is -0.685. The monoisotopic (exact) mass is 327 g/mol. The lowest BCUT2D eigenvalue weighted by molar-refractivity contribution is -0.136. The third-order valence-corrected chi connectivity index (χ3v) is 4.15. The second kappa shape index (κ2) is 5.99. The first-order valence-corrected chi connectivity index (χ1v) is 7.84. The van der Waals surface area contributed by atoms with E-state index in [1.54, 1.807) is 0 Å². The molecule has 2 aromatic rings.